The number of aromatic nitrogens is 2. The third-order valence-corrected chi connectivity index (χ3v) is 6.52. The van der Waals surface area contributed by atoms with Crippen LogP contribution in [0.2, 0.25) is 0 Å². The molecular formula is C21H35N5O2. The van der Waals surface area contributed by atoms with Gasteiger partial charge in [0.1, 0.15) is 0 Å². The van der Waals surface area contributed by atoms with Crippen LogP contribution in [0, 0.1) is 0 Å². The molecule has 1 saturated heterocycles. The Balaban J connectivity index is 1.24. The number of piperidine rings is 1. The van der Waals surface area contributed by atoms with E-state index in [2.05, 4.69) is 27.1 Å². The summed E-state index contributed by atoms with van der Waals surface area (Å²) in [5, 5.41) is 11.2. The van der Waals surface area contributed by atoms with Gasteiger partial charge < -0.3 is 15.4 Å². The Morgan fingerprint density at radius 2 is 1.82 bits per heavy atom. The summed E-state index contributed by atoms with van der Waals surface area (Å²) in [6.07, 6.45) is 9.03. The Hall–Kier alpha value is -1.60. The van der Waals surface area contributed by atoms with Crippen LogP contribution < -0.4 is 10.6 Å². The Kier molecular flexibility index (Phi) is 6.52. The zero-order valence-electron chi connectivity index (χ0n) is 17.2. The number of hydrogen-bond donors (Lipinski definition) is 2. The van der Waals surface area contributed by atoms with E-state index < -0.39 is 0 Å². The highest BCUT2D eigenvalue weighted by Crippen LogP contribution is 2.23. The molecule has 0 aromatic carbocycles. The quantitative estimate of drug-likeness (QED) is 0.812. The minimum Gasteiger partial charge on any atom is -0.376 e. The number of nitrogens with one attached hydrogen (secondary N) is 2. The summed E-state index contributed by atoms with van der Waals surface area (Å²) in [6, 6.07) is 0.680. The van der Waals surface area contributed by atoms with Crippen molar-refractivity contribution < 1.29 is 9.53 Å². The van der Waals surface area contributed by atoms with Gasteiger partial charge in [0, 0.05) is 55.9 Å². The minimum atomic E-state index is 0.0262. The molecule has 0 radical (unpaired) electrons. The molecular weight excluding hydrogens is 354 g/mol. The zero-order chi connectivity index (χ0) is 19.3. The van der Waals surface area contributed by atoms with Crippen LogP contribution in [0.5, 0.6) is 0 Å². The first kappa shape index (κ1) is 19.7. The number of nitrogens with zero attached hydrogens (tertiary/aromatic N) is 3. The van der Waals surface area contributed by atoms with Gasteiger partial charge >= 0.3 is 6.03 Å². The molecule has 0 atom stereocenters. The summed E-state index contributed by atoms with van der Waals surface area (Å²) >= 11 is 0. The van der Waals surface area contributed by atoms with Crippen molar-refractivity contribution in [3.05, 3.63) is 17.0 Å². The molecule has 7 nitrogen and oxygen atoms in total. The molecule has 2 fully saturated rings. The van der Waals surface area contributed by atoms with E-state index in [0.717, 1.165) is 64.9 Å². The van der Waals surface area contributed by atoms with Gasteiger partial charge in [-0.2, -0.15) is 5.10 Å². The number of carbonyl (C=O) groups excluding carboxylic acids is 1. The summed E-state index contributed by atoms with van der Waals surface area (Å²) in [5.74, 6) is 0. The number of carbonyl (C=O) groups is 1. The van der Waals surface area contributed by atoms with Crippen molar-refractivity contribution in [3.8, 4) is 0 Å². The molecule has 0 unspecified atom stereocenters. The van der Waals surface area contributed by atoms with Crippen LogP contribution >= 0.6 is 0 Å². The predicted octanol–water partition coefficient (Wildman–Crippen LogP) is 2.57. The maximum absolute atomic E-state index is 12.3. The van der Waals surface area contributed by atoms with Crippen molar-refractivity contribution in [1.29, 1.82) is 0 Å². The zero-order valence-corrected chi connectivity index (χ0v) is 17.2. The predicted molar refractivity (Wildman–Crippen MR) is 108 cm³/mol. The summed E-state index contributed by atoms with van der Waals surface area (Å²) in [5.41, 5.74) is 3.85. The van der Waals surface area contributed by atoms with Crippen molar-refractivity contribution in [2.45, 2.75) is 90.1 Å². The monoisotopic (exact) mass is 389 g/mol. The maximum atomic E-state index is 12.3. The SMILES string of the molecule is CCn1nc(CN2CCC(NC(=O)NC3CCCCC3)CC2)c2c1CCOC2. The molecule has 2 aliphatic heterocycles. The van der Waals surface area contributed by atoms with Crippen molar-refractivity contribution in [2.24, 2.45) is 0 Å². The molecule has 4 rings (SSSR count). The van der Waals surface area contributed by atoms with Gasteiger partial charge in [0.2, 0.25) is 0 Å². The Morgan fingerprint density at radius 3 is 2.54 bits per heavy atom. The van der Waals surface area contributed by atoms with E-state index in [9.17, 15) is 4.79 Å². The third kappa shape index (κ3) is 4.69. The molecule has 28 heavy (non-hydrogen) atoms. The molecule has 1 aliphatic carbocycles. The molecule has 2 N–H and O–H groups in total. The van der Waals surface area contributed by atoms with E-state index in [0.29, 0.717) is 12.6 Å². The molecule has 7 heteroatoms. The molecule has 2 amide bonds. The number of ether oxygens (including phenoxy) is 1. The van der Waals surface area contributed by atoms with Gasteiger partial charge in [-0.1, -0.05) is 19.3 Å². The number of urea groups is 1. The van der Waals surface area contributed by atoms with Gasteiger partial charge in [-0.05, 0) is 32.6 Å². The Bertz CT molecular complexity index is 660. The average Bonchev–Trinajstić information content (AvgIpc) is 3.08. The molecule has 156 valence electrons. The molecule has 3 heterocycles. The lowest BCUT2D eigenvalue weighted by Gasteiger charge is -2.32. The smallest absolute Gasteiger partial charge is 0.315 e. The number of likely N-dealkylation sites (tertiary alicyclic amines) is 1. The van der Waals surface area contributed by atoms with Crippen molar-refractivity contribution in [2.75, 3.05) is 19.7 Å². The van der Waals surface area contributed by atoms with E-state index in [4.69, 9.17) is 9.84 Å². The highest BCUT2D eigenvalue weighted by Gasteiger charge is 2.26. The summed E-state index contributed by atoms with van der Waals surface area (Å²) < 4.78 is 7.83. The summed E-state index contributed by atoms with van der Waals surface area (Å²) in [4.78, 5) is 14.8. The number of rotatable bonds is 5. The van der Waals surface area contributed by atoms with E-state index in [1.54, 1.807) is 0 Å². The molecule has 1 aromatic heterocycles. The fraction of sp³-hybridized carbons (Fsp3) is 0.810. The van der Waals surface area contributed by atoms with Gasteiger partial charge in [-0.15, -0.1) is 0 Å². The fourth-order valence-electron chi connectivity index (χ4n) is 4.87. The highest BCUT2D eigenvalue weighted by atomic mass is 16.5. The molecule has 0 bridgehead atoms. The van der Waals surface area contributed by atoms with Crippen LogP contribution in [0.25, 0.3) is 0 Å². The number of hydrogen-bond acceptors (Lipinski definition) is 4. The second-order valence-corrected chi connectivity index (χ2v) is 8.49. The van der Waals surface area contributed by atoms with Gasteiger partial charge in [-0.25, -0.2) is 4.79 Å². The molecule has 1 saturated carbocycles. The van der Waals surface area contributed by atoms with E-state index in [-0.39, 0.29) is 12.1 Å². The largest absolute Gasteiger partial charge is 0.376 e. The first-order chi connectivity index (χ1) is 13.7. The summed E-state index contributed by atoms with van der Waals surface area (Å²) in [6.45, 7) is 7.47. The van der Waals surface area contributed by atoms with Crippen LogP contribution in [0.1, 0.15) is 68.8 Å². The van der Waals surface area contributed by atoms with Crippen LogP contribution in [0.3, 0.4) is 0 Å². The lowest BCUT2D eigenvalue weighted by molar-refractivity contribution is 0.107. The second-order valence-electron chi connectivity index (χ2n) is 8.49. The van der Waals surface area contributed by atoms with Gasteiger partial charge in [0.25, 0.3) is 0 Å². The topological polar surface area (TPSA) is 71.4 Å². The van der Waals surface area contributed by atoms with Gasteiger partial charge in [0.15, 0.2) is 0 Å². The number of fused-ring (bicyclic) bond motifs is 1. The average molecular weight is 390 g/mol. The summed E-state index contributed by atoms with van der Waals surface area (Å²) in [7, 11) is 0. The highest BCUT2D eigenvalue weighted by molar-refractivity contribution is 5.74. The third-order valence-electron chi connectivity index (χ3n) is 6.52. The standard InChI is InChI=1S/C21H35N5O2/c1-2-26-20-10-13-28-15-18(20)19(24-26)14-25-11-8-17(9-12-25)23-21(27)22-16-6-4-3-5-7-16/h16-17H,2-15H2,1H3,(H2,22,23,27). The van der Waals surface area contributed by atoms with Crippen molar-refractivity contribution >= 4 is 6.03 Å². The lowest BCUT2D eigenvalue weighted by Crippen LogP contribution is -2.50. The van der Waals surface area contributed by atoms with Gasteiger partial charge in [0.05, 0.1) is 18.9 Å². The lowest BCUT2D eigenvalue weighted by atomic mass is 9.96. The normalized spacial score (nSPS) is 22.0. The van der Waals surface area contributed by atoms with E-state index in [1.165, 1.54) is 36.2 Å². The molecule has 3 aliphatic rings. The second kappa shape index (κ2) is 9.27. The molecule has 0 spiro atoms. The van der Waals surface area contributed by atoms with Crippen LogP contribution in [0.15, 0.2) is 0 Å². The van der Waals surface area contributed by atoms with E-state index >= 15 is 0 Å². The molecule has 1 aromatic rings. The van der Waals surface area contributed by atoms with Crippen LogP contribution in [-0.2, 0) is 30.9 Å². The van der Waals surface area contributed by atoms with E-state index in [1.807, 2.05) is 0 Å². The van der Waals surface area contributed by atoms with Crippen molar-refractivity contribution in [1.82, 2.24) is 25.3 Å². The van der Waals surface area contributed by atoms with Crippen LogP contribution in [0.4, 0.5) is 4.79 Å². The minimum absolute atomic E-state index is 0.0262. The first-order valence-corrected chi connectivity index (χ1v) is 11.2. The maximum Gasteiger partial charge on any atom is 0.315 e. The Morgan fingerprint density at radius 1 is 1.11 bits per heavy atom. The Labute approximate surface area is 168 Å². The first-order valence-electron chi connectivity index (χ1n) is 11.2. The fourth-order valence-corrected chi connectivity index (χ4v) is 4.87. The van der Waals surface area contributed by atoms with Crippen molar-refractivity contribution in [3.63, 3.8) is 0 Å². The number of amides is 2. The number of aryl methyl sites for hydroxylation is 1. The van der Waals surface area contributed by atoms with Gasteiger partial charge in [-0.3, -0.25) is 9.58 Å². The van der Waals surface area contributed by atoms with Crippen LogP contribution in [-0.4, -0.2) is 52.5 Å².